The number of carbonyl (C=O) groups is 1. The molecule has 0 bridgehead atoms. The number of aryl methyl sites for hydroxylation is 2. The fraction of sp³-hybridized carbons (Fsp3) is 0.533. The SMILES string of the molecule is Cc1cc(C)cc(OCCC(=O)NCCC(C)O)c1. The highest BCUT2D eigenvalue weighted by molar-refractivity contribution is 5.75. The van der Waals surface area contributed by atoms with Crippen LogP contribution < -0.4 is 10.1 Å². The van der Waals surface area contributed by atoms with Gasteiger partial charge in [0, 0.05) is 6.54 Å². The van der Waals surface area contributed by atoms with Crippen LogP contribution in [0.5, 0.6) is 5.75 Å². The number of nitrogens with one attached hydrogen (secondary N) is 1. The first kappa shape index (κ1) is 15.5. The first-order valence-electron chi connectivity index (χ1n) is 6.63. The minimum absolute atomic E-state index is 0.0509. The molecule has 0 aromatic heterocycles. The number of aliphatic hydroxyl groups excluding tert-OH is 1. The summed E-state index contributed by atoms with van der Waals surface area (Å²) < 4.78 is 5.56. The second kappa shape index (κ2) is 7.79. The van der Waals surface area contributed by atoms with Crippen LogP contribution in [-0.4, -0.2) is 30.3 Å². The second-order valence-corrected chi connectivity index (χ2v) is 4.91. The van der Waals surface area contributed by atoms with Crippen LogP contribution in [-0.2, 0) is 4.79 Å². The van der Waals surface area contributed by atoms with Gasteiger partial charge in [-0.05, 0) is 50.5 Å². The summed E-state index contributed by atoms with van der Waals surface area (Å²) >= 11 is 0. The van der Waals surface area contributed by atoms with E-state index in [0.29, 0.717) is 26.0 Å². The van der Waals surface area contributed by atoms with Crippen LogP contribution >= 0.6 is 0 Å². The van der Waals surface area contributed by atoms with Gasteiger partial charge in [0.25, 0.3) is 0 Å². The van der Waals surface area contributed by atoms with Crippen LogP contribution in [0.2, 0.25) is 0 Å². The van der Waals surface area contributed by atoms with Gasteiger partial charge in [0.2, 0.25) is 5.91 Å². The molecule has 1 amide bonds. The number of carbonyl (C=O) groups excluding carboxylic acids is 1. The van der Waals surface area contributed by atoms with Gasteiger partial charge in [0.15, 0.2) is 0 Å². The molecule has 0 saturated heterocycles. The maximum Gasteiger partial charge on any atom is 0.223 e. The minimum Gasteiger partial charge on any atom is -0.493 e. The predicted octanol–water partition coefficient (Wildman–Crippen LogP) is 1.96. The summed E-state index contributed by atoms with van der Waals surface area (Å²) in [5.74, 6) is 0.749. The normalized spacial score (nSPS) is 12.0. The van der Waals surface area contributed by atoms with Crippen molar-refractivity contribution in [1.82, 2.24) is 5.32 Å². The predicted molar refractivity (Wildman–Crippen MR) is 75.3 cm³/mol. The Morgan fingerprint density at radius 3 is 2.53 bits per heavy atom. The van der Waals surface area contributed by atoms with E-state index in [9.17, 15) is 4.79 Å². The molecule has 4 nitrogen and oxygen atoms in total. The lowest BCUT2D eigenvalue weighted by Crippen LogP contribution is -2.27. The topological polar surface area (TPSA) is 58.6 Å². The molecular weight excluding hydrogens is 242 g/mol. The zero-order valence-electron chi connectivity index (χ0n) is 11.9. The Morgan fingerprint density at radius 2 is 1.95 bits per heavy atom. The highest BCUT2D eigenvalue weighted by Gasteiger charge is 2.03. The number of amides is 1. The third kappa shape index (κ3) is 6.82. The monoisotopic (exact) mass is 265 g/mol. The summed E-state index contributed by atoms with van der Waals surface area (Å²) in [5, 5.41) is 11.8. The fourth-order valence-corrected chi connectivity index (χ4v) is 1.79. The Labute approximate surface area is 114 Å². The zero-order chi connectivity index (χ0) is 14.3. The molecule has 0 fully saturated rings. The van der Waals surface area contributed by atoms with Gasteiger partial charge in [-0.2, -0.15) is 0 Å². The maximum absolute atomic E-state index is 11.5. The summed E-state index contributed by atoms with van der Waals surface area (Å²) in [6.07, 6.45) is 0.517. The third-order valence-electron chi connectivity index (χ3n) is 2.68. The maximum atomic E-state index is 11.5. The molecule has 1 aromatic rings. The molecular formula is C15H23NO3. The number of hydrogen-bond donors (Lipinski definition) is 2. The second-order valence-electron chi connectivity index (χ2n) is 4.91. The standard InChI is InChI=1S/C15H23NO3/c1-11-8-12(2)10-14(9-11)19-7-5-15(18)16-6-4-13(3)17/h8-10,13,17H,4-7H2,1-3H3,(H,16,18). The van der Waals surface area contributed by atoms with E-state index in [1.54, 1.807) is 6.92 Å². The van der Waals surface area contributed by atoms with Crippen molar-refractivity contribution in [2.45, 2.75) is 39.7 Å². The molecule has 0 spiro atoms. The van der Waals surface area contributed by atoms with Crippen molar-refractivity contribution in [3.8, 4) is 5.75 Å². The molecule has 1 rings (SSSR count). The average molecular weight is 265 g/mol. The largest absolute Gasteiger partial charge is 0.493 e. The highest BCUT2D eigenvalue weighted by Crippen LogP contribution is 2.16. The Morgan fingerprint density at radius 1 is 1.32 bits per heavy atom. The van der Waals surface area contributed by atoms with Crippen LogP contribution in [0, 0.1) is 13.8 Å². The number of hydrogen-bond acceptors (Lipinski definition) is 3. The van der Waals surface area contributed by atoms with Crippen LogP contribution in [0.4, 0.5) is 0 Å². The molecule has 0 aliphatic heterocycles. The molecule has 0 saturated carbocycles. The summed E-state index contributed by atoms with van der Waals surface area (Å²) in [4.78, 5) is 11.5. The van der Waals surface area contributed by atoms with E-state index in [1.807, 2.05) is 26.0 Å². The summed E-state index contributed by atoms with van der Waals surface area (Å²) in [7, 11) is 0. The van der Waals surface area contributed by atoms with E-state index in [2.05, 4.69) is 11.4 Å². The molecule has 19 heavy (non-hydrogen) atoms. The molecule has 1 aromatic carbocycles. The smallest absolute Gasteiger partial charge is 0.223 e. The van der Waals surface area contributed by atoms with Crippen molar-refractivity contribution in [2.75, 3.05) is 13.2 Å². The molecule has 0 heterocycles. The van der Waals surface area contributed by atoms with E-state index in [4.69, 9.17) is 9.84 Å². The van der Waals surface area contributed by atoms with Crippen molar-refractivity contribution >= 4 is 5.91 Å². The van der Waals surface area contributed by atoms with Crippen LogP contribution in [0.25, 0.3) is 0 Å². The summed E-state index contributed by atoms with van der Waals surface area (Å²) in [6.45, 7) is 6.60. The van der Waals surface area contributed by atoms with E-state index in [1.165, 1.54) is 0 Å². The van der Waals surface area contributed by atoms with Gasteiger partial charge in [-0.3, -0.25) is 4.79 Å². The fourth-order valence-electron chi connectivity index (χ4n) is 1.79. The van der Waals surface area contributed by atoms with Crippen LogP contribution in [0.1, 0.15) is 30.9 Å². The van der Waals surface area contributed by atoms with Gasteiger partial charge < -0.3 is 15.2 Å². The Balaban J connectivity index is 2.24. The molecule has 106 valence electrons. The number of rotatable bonds is 7. The van der Waals surface area contributed by atoms with Gasteiger partial charge in [0.1, 0.15) is 5.75 Å². The van der Waals surface area contributed by atoms with Gasteiger partial charge in [0.05, 0.1) is 19.1 Å². The van der Waals surface area contributed by atoms with Gasteiger partial charge in [-0.15, -0.1) is 0 Å². The quantitative estimate of drug-likeness (QED) is 0.792. The lowest BCUT2D eigenvalue weighted by atomic mass is 10.1. The zero-order valence-corrected chi connectivity index (χ0v) is 11.9. The van der Waals surface area contributed by atoms with Crippen LogP contribution in [0.15, 0.2) is 18.2 Å². The number of ether oxygens (including phenoxy) is 1. The molecule has 0 aliphatic carbocycles. The molecule has 1 atom stereocenters. The highest BCUT2D eigenvalue weighted by atomic mass is 16.5. The van der Waals surface area contributed by atoms with E-state index >= 15 is 0 Å². The lowest BCUT2D eigenvalue weighted by Gasteiger charge is -2.09. The van der Waals surface area contributed by atoms with Crippen molar-refractivity contribution in [3.05, 3.63) is 29.3 Å². The van der Waals surface area contributed by atoms with E-state index in [0.717, 1.165) is 16.9 Å². The molecule has 2 N–H and O–H groups in total. The van der Waals surface area contributed by atoms with Crippen molar-refractivity contribution in [2.24, 2.45) is 0 Å². The molecule has 0 radical (unpaired) electrons. The van der Waals surface area contributed by atoms with Crippen molar-refractivity contribution < 1.29 is 14.6 Å². The number of aliphatic hydroxyl groups is 1. The van der Waals surface area contributed by atoms with Gasteiger partial charge in [-0.1, -0.05) is 6.07 Å². The third-order valence-corrected chi connectivity index (χ3v) is 2.68. The molecule has 4 heteroatoms. The van der Waals surface area contributed by atoms with E-state index < -0.39 is 0 Å². The summed E-state index contributed by atoms with van der Waals surface area (Å²) in [6, 6.07) is 5.99. The minimum atomic E-state index is -0.383. The van der Waals surface area contributed by atoms with Crippen molar-refractivity contribution in [3.63, 3.8) is 0 Å². The Bertz CT molecular complexity index is 396. The number of benzene rings is 1. The first-order chi connectivity index (χ1) is 8.97. The molecule has 1 unspecified atom stereocenters. The Kier molecular flexibility index (Phi) is 6.36. The van der Waals surface area contributed by atoms with Gasteiger partial charge >= 0.3 is 0 Å². The van der Waals surface area contributed by atoms with Crippen molar-refractivity contribution in [1.29, 1.82) is 0 Å². The molecule has 0 aliphatic rings. The van der Waals surface area contributed by atoms with E-state index in [-0.39, 0.29) is 12.0 Å². The lowest BCUT2D eigenvalue weighted by molar-refractivity contribution is -0.121. The Hall–Kier alpha value is -1.55. The summed E-state index contributed by atoms with van der Waals surface area (Å²) in [5.41, 5.74) is 2.30. The van der Waals surface area contributed by atoms with Gasteiger partial charge in [-0.25, -0.2) is 0 Å². The van der Waals surface area contributed by atoms with Crippen LogP contribution in [0.3, 0.4) is 0 Å². The first-order valence-corrected chi connectivity index (χ1v) is 6.63. The average Bonchev–Trinajstić information content (AvgIpc) is 2.27.